The minimum absolute atomic E-state index is 0.0277. The molecule has 2 fully saturated rings. The molecule has 1 heterocycles. The molecule has 2 aliphatic rings. The summed E-state index contributed by atoms with van der Waals surface area (Å²) in [4.78, 5) is 28.1. The largest absolute Gasteiger partial charge is 0.369 e. The van der Waals surface area contributed by atoms with E-state index >= 15 is 0 Å². The Kier molecular flexibility index (Phi) is 4.13. The number of carbonyl (C=O) groups is 2. The number of rotatable bonds is 4. The summed E-state index contributed by atoms with van der Waals surface area (Å²) in [6.07, 6.45) is 5.01. The van der Waals surface area contributed by atoms with Crippen molar-refractivity contribution >= 4 is 11.8 Å². The van der Waals surface area contributed by atoms with Gasteiger partial charge in [-0.25, -0.2) is 0 Å². The number of piperidine rings is 1. The third-order valence-corrected chi connectivity index (χ3v) is 4.75. The predicted molar refractivity (Wildman–Crippen MR) is 73.4 cm³/mol. The zero-order valence-corrected chi connectivity index (χ0v) is 12.0. The summed E-state index contributed by atoms with van der Waals surface area (Å²) < 4.78 is 0. The van der Waals surface area contributed by atoms with Crippen LogP contribution in [0.5, 0.6) is 0 Å². The number of fused-ring (bicyclic) bond motifs is 1. The molecule has 0 aromatic carbocycles. The summed E-state index contributed by atoms with van der Waals surface area (Å²) in [6, 6.07) is 0.0277. The highest BCUT2D eigenvalue weighted by atomic mass is 16.2. The molecule has 2 N–H and O–H groups in total. The first-order valence-electron chi connectivity index (χ1n) is 7.21. The van der Waals surface area contributed by atoms with Crippen LogP contribution in [0.25, 0.3) is 0 Å². The van der Waals surface area contributed by atoms with Crippen molar-refractivity contribution in [1.82, 2.24) is 9.80 Å². The van der Waals surface area contributed by atoms with Crippen LogP contribution in [0.1, 0.15) is 38.5 Å². The summed E-state index contributed by atoms with van der Waals surface area (Å²) in [5.74, 6) is -0.0230. The van der Waals surface area contributed by atoms with E-state index < -0.39 is 5.41 Å². The predicted octanol–water partition coefficient (Wildman–Crippen LogP) is 0.585. The van der Waals surface area contributed by atoms with Crippen molar-refractivity contribution in [3.05, 3.63) is 0 Å². The van der Waals surface area contributed by atoms with Gasteiger partial charge in [0.2, 0.25) is 11.8 Å². The Bertz CT molecular complexity index is 370. The molecule has 5 heteroatoms. The fraction of sp³-hybridized carbons (Fsp3) is 0.857. The van der Waals surface area contributed by atoms with Gasteiger partial charge in [0.05, 0.1) is 5.41 Å². The summed E-state index contributed by atoms with van der Waals surface area (Å²) in [5, 5.41) is 0. The third-order valence-electron chi connectivity index (χ3n) is 4.75. The molecule has 0 radical (unpaired) electrons. The molecule has 2 rings (SSSR count). The van der Waals surface area contributed by atoms with Gasteiger partial charge in [0.15, 0.2) is 0 Å². The summed E-state index contributed by atoms with van der Waals surface area (Å²) >= 11 is 0. The first-order valence-corrected chi connectivity index (χ1v) is 7.21. The van der Waals surface area contributed by atoms with Gasteiger partial charge < -0.3 is 15.5 Å². The van der Waals surface area contributed by atoms with Gasteiger partial charge in [-0.1, -0.05) is 12.8 Å². The zero-order chi connectivity index (χ0) is 14.0. The molecule has 19 heavy (non-hydrogen) atoms. The number of hydrogen-bond acceptors (Lipinski definition) is 3. The van der Waals surface area contributed by atoms with Gasteiger partial charge >= 0.3 is 0 Å². The van der Waals surface area contributed by atoms with Crippen molar-refractivity contribution < 1.29 is 9.59 Å². The van der Waals surface area contributed by atoms with Crippen LogP contribution >= 0.6 is 0 Å². The van der Waals surface area contributed by atoms with Crippen molar-refractivity contribution in [2.45, 2.75) is 44.6 Å². The van der Waals surface area contributed by atoms with Gasteiger partial charge in [0.1, 0.15) is 0 Å². The molecule has 0 aromatic rings. The van der Waals surface area contributed by atoms with Crippen LogP contribution in [0, 0.1) is 5.41 Å². The van der Waals surface area contributed by atoms with E-state index in [9.17, 15) is 9.59 Å². The van der Waals surface area contributed by atoms with Crippen LogP contribution in [0.15, 0.2) is 0 Å². The van der Waals surface area contributed by atoms with Crippen molar-refractivity contribution in [2.75, 3.05) is 27.2 Å². The van der Waals surface area contributed by atoms with Gasteiger partial charge in [-0.15, -0.1) is 0 Å². The van der Waals surface area contributed by atoms with Crippen molar-refractivity contribution in [1.29, 1.82) is 0 Å². The maximum Gasteiger partial charge on any atom is 0.225 e. The number of likely N-dealkylation sites (tertiary alicyclic amines) is 1. The molecule has 1 aliphatic heterocycles. The zero-order valence-electron chi connectivity index (χ0n) is 12.0. The lowest BCUT2D eigenvalue weighted by Gasteiger charge is -2.50. The Labute approximate surface area is 115 Å². The van der Waals surface area contributed by atoms with E-state index in [0.717, 1.165) is 32.2 Å². The molecule has 0 bridgehead atoms. The molecule has 108 valence electrons. The summed E-state index contributed by atoms with van der Waals surface area (Å²) in [7, 11) is 3.99. The maximum atomic E-state index is 12.2. The van der Waals surface area contributed by atoms with E-state index in [1.54, 1.807) is 0 Å². The van der Waals surface area contributed by atoms with E-state index in [-0.39, 0.29) is 17.9 Å². The molecule has 0 aromatic heterocycles. The number of carbonyl (C=O) groups excluding carboxylic acids is 2. The fourth-order valence-corrected chi connectivity index (χ4v) is 3.61. The van der Waals surface area contributed by atoms with Crippen molar-refractivity contribution in [2.24, 2.45) is 11.1 Å². The second-order valence-corrected chi connectivity index (χ2v) is 6.17. The van der Waals surface area contributed by atoms with Crippen LogP contribution in [0.3, 0.4) is 0 Å². The van der Waals surface area contributed by atoms with Crippen LogP contribution in [-0.4, -0.2) is 54.8 Å². The number of primary amides is 1. The van der Waals surface area contributed by atoms with Crippen LogP contribution in [0.4, 0.5) is 0 Å². The third kappa shape index (κ3) is 2.61. The van der Waals surface area contributed by atoms with Crippen LogP contribution < -0.4 is 5.73 Å². The number of amides is 2. The molecule has 2 amide bonds. The Morgan fingerprint density at radius 3 is 2.79 bits per heavy atom. The lowest BCUT2D eigenvalue weighted by Crippen LogP contribution is -2.61. The molecule has 5 nitrogen and oxygen atoms in total. The molecule has 2 atom stereocenters. The smallest absolute Gasteiger partial charge is 0.225 e. The lowest BCUT2D eigenvalue weighted by atomic mass is 9.64. The summed E-state index contributed by atoms with van der Waals surface area (Å²) in [5.41, 5.74) is 5.23. The molecule has 1 aliphatic carbocycles. The first kappa shape index (κ1) is 14.3. The molecule has 0 unspecified atom stereocenters. The van der Waals surface area contributed by atoms with E-state index in [0.29, 0.717) is 19.4 Å². The maximum absolute atomic E-state index is 12.2. The normalized spacial score (nSPS) is 31.4. The Balaban J connectivity index is 2.20. The monoisotopic (exact) mass is 267 g/mol. The number of hydrogen-bond donors (Lipinski definition) is 1. The average molecular weight is 267 g/mol. The molecule has 0 spiro atoms. The van der Waals surface area contributed by atoms with Crippen molar-refractivity contribution in [3.8, 4) is 0 Å². The van der Waals surface area contributed by atoms with Gasteiger partial charge in [0, 0.05) is 25.6 Å². The lowest BCUT2D eigenvalue weighted by molar-refractivity contribution is -0.153. The Morgan fingerprint density at radius 1 is 1.42 bits per heavy atom. The minimum atomic E-state index is -0.460. The SMILES string of the molecule is CN(C)CCN1C(=O)CC[C@]2(C(N)=O)CCCC[C@@H]12. The number of nitrogens with zero attached hydrogens (tertiary/aromatic N) is 2. The first-order chi connectivity index (χ1) is 8.97. The Morgan fingerprint density at radius 2 is 2.16 bits per heavy atom. The fourth-order valence-electron chi connectivity index (χ4n) is 3.61. The topological polar surface area (TPSA) is 66.6 Å². The average Bonchev–Trinajstić information content (AvgIpc) is 2.37. The van der Waals surface area contributed by atoms with Gasteiger partial charge in [-0.05, 0) is 33.4 Å². The van der Waals surface area contributed by atoms with Gasteiger partial charge in [-0.3, -0.25) is 9.59 Å². The highest BCUT2D eigenvalue weighted by Gasteiger charge is 2.52. The highest BCUT2D eigenvalue weighted by molar-refractivity contribution is 5.86. The van der Waals surface area contributed by atoms with E-state index in [1.165, 1.54) is 0 Å². The highest BCUT2D eigenvalue weighted by Crippen LogP contribution is 2.46. The van der Waals surface area contributed by atoms with Gasteiger partial charge in [-0.2, -0.15) is 0 Å². The molecular weight excluding hydrogens is 242 g/mol. The standard InChI is InChI=1S/C14H25N3O2/c1-16(2)9-10-17-11-5-3-4-7-14(11,13(15)19)8-6-12(17)18/h11H,3-10H2,1-2H3,(H2,15,19)/t11-,14-/m1/s1. The number of likely N-dealkylation sites (N-methyl/N-ethyl adjacent to an activating group) is 1. The second kappa shape index (κ2) is 5.49. The molecule has 1 saturated heterocycles. The van der Waals surface area contributed by atoms with Crippen LogP contribution in [0.2, 0.25) is 0 Å². The van der Waals surface area contributed by atoms with E-state index in [2.05, 4.69) is 4.90 Å². The number of nitrogens with two attached hydrogens (primary N) is 1. The molecular formula is C14H25N3O2. The van der Waals surface area contributed by atoms with Crippen LogP contribution in [-0.2, 0) is 9.59 Å². The quantitative estimate of drug-likeness (QED) is 0.810. The second-order valence-electron chi connectivity index (χ2n) is 6.17. The minimum Gasteiger partial charge on any atom is -0.369 e. The Hall–Kier alpha value is -1.10. The van der Waals surface area contributed by atoms with Crippen molar-refractivity contribution in [3.63, 3.8) is 0 Å². The van der Waals surface area contributed by atoms with E-state index in [4.69, 9.17) is 5.73 Å². The molecule has 1 saturated carbocycles. The summed E-state index contributed by atoms with van der Waals surface area (Å²) in [6.45, 7) is 1.53. The van der Waals surface area contributed by atoms with E-state index in [1.807, 2.05) is 19.0 Å². The van der Waals surface area contributed by atoms with Gasteiger partial charge in [0.25, 0.3) is 0 Å².